The lowest BCUT2D eigenvalue weighted by Crippen LogP contribution is -2.31. The van der Waals surface area contributed by atoms with E-state index in [1.165, 1.54) is 36.6 Å². The number of esters is 1. The molecule has 0 atom stereocenters. The van der Waals surface area contributed by atoms with E-state index in [4.69, 9.17) is 9.72 Å². The van der Waals surface area contributed by atoms with Crippen LogP contribution in [0, 0.1) is 11.3 Å². The van der Waals surface area contributed by atoms with Crippen molar-refractivity contribution in [2.75, 3.05) is 30.3 Å². The minimum absolute atomic E-state index is 0.202. The van der Waals surface area contributed by atoms with Crippen molar-refractivity contribution in [1.29, 1.82) is 5.26 Å². The van der Waals surface area contributed by atoms with E-state index >= 15 is 0 Å². The molecular formula is C18H23N3O2S. The molecular weight excluding hydrogens is 322 g/mol. The summed E-state index contributed by atoms with van der Waals surface area (Å²) in [7, 11) is 0. The zero-order chi connectivity index (χ0) is 16.9. The average molecular weight is 345 g/mol. The van der Waals surface area contributed by atoms with Crippen LogP contribution in [-0.4, -0.2) is 36.4 Å². The quantitative estimate of drug-likeness (QED) is 0.603. The number of carbonyl (C=O) groups excluding carboxylic acids is 1. The SMILES string of the molecule is CCOC(=O)CSc1nc(N2CCCCC2)c2c(c1C#N)CCC2. The first-order valence-electron chi connectivity index (χ1n) is 8.73. The van der Waals surface area contributed by atoms with Gasteiger partial charge in [-0.2, -0.15) is 5.26 Å². The lowest BCUT2D eigenvalue weighted by molar-refractivity contribution is -0.139. The van der Waals surface area contributed by atoms with Crippen molar-refractivity contribution < 1.29 is 9.53 Å². The number of ether oxygens (including phenoxy) is 1. The van der Waals surface area contributed by atoms with Crippen molar-refractivity contribution in [2.45, 2.75) is 50.5 Å². The molecule has 0 spiro atoms. The van der Waals surface area contributed by atoms with E-state index < -0.39 is 0 Å². The lowest BCUT2D eigenvalue weighted by atomic mass is 10.0. The Morgan fingerprint density at radius 1 is 1.25 bits per heavy atom. The van der Waals surface area contributed by atoms with E-state index in [9.17, 15) is 10.1 Å². The van der Waals surface area contributed by atoms with Gasteiger partial charge in [0.1, 0.15) is 16.9 Å². The second-order valence-corrected chi connectivity index (χ2v) is 7.14. The number of hydrogen-bond donors (Lipinski definition) is 0. The highest BCUT2D eigenvalue weighted by Gasteiger charge is 2.27. The highest BCUT2D eigenvalue weighted by atomic mass is 32.2. The second-order valence-electron chi connectivity index (χ2n) is 6.18. The summed E-state index contributed by atoms with van der Waals surface area (Å²) >= 11 is 1.33. The van der Waals surface area contributed by atoms with Crippen molar-refractivity contribution in [3.63, 3.8) is 0 Å². The van der Waals surface area contributed by atoms with Crippen LogP contribution in [0.25, 0.3) is 0 Å². The van der Waals surface area contributed by atoms with Gasteiger partial charge in [-0.05, 0) is 56.6 Å². The summed E-state index contributed by atoms with van der Waals surface area (Å²) in [5, 5.41) is 10.3. The Morgan fingerprint density at radius 3 is 2.71 bits per heavy atom. The smallest absolute Gasteiger partial charge is 0.316 e. The Labute approximate surface area is 147 Å². The van der Waals surface area contributed by atoms with Crippen molar-refractivity contribution in [3.8, 4) is 6.07 Å². The molecule has 1 aromatic rings. The van der Waals surface area contributed by atoms with Gasteiger partial charge in [0.25, 0.3) is 0 Å². The molecule has 5 nitrogen and oxygen atoms in total. The van der Waals surface area contributed by atoms with Crippen molar-refractivity contribution in [2.24, 2.45) is 0 Å². The van der Waals surface area contributed by atoms with Crippen molar-refractivity contribution >= 4 is 23.5 Å². The molecule has 6 heteroatoms. The zero-order valence-electron chi connectivity index (χ0n) is 14.1. The van der Waals surface area contributed by atoms with Crippen molar-refractivity contribution in [1.82, 2.24) is 4.98 Å². The van der Waals surface area contributed by atoms with Crippen LogP contribution in [0.15, 0.2) is 5.03 Å². The number of rotatable bonds is 5. The van der Waals surface area contributed by atoms with E-state index in [0.717, 1.165) is 43.7 Å². The molecule has 3 rings (SSSR count). The number of pyridine rings is 1. The summed E-state index contributed by atoms with van der Waals surface area (Å²) in [5.41, 5.74) is 3.07. The summed E-state index contributed by atoms with van der Waals surface area (Å²) in [6.45, 7) is 4.24. The number of nitriles is 1. The molecule has 0 unspecified atom stereocenters. The van der Waals surface area contributed by atoms with Gasteiger partial charge in [0.2, 0.25) is 0 Å². The summed E-state index contributed by atoms with van der Waals surface area (Å²) in [6, 6.07) is 2.33. The third-order valence-corrected chi connectivity index (χ3v) is 5.56. The predicted octanol–water partition coefficient (Wildman–Crippen LogP) is 3.09. The summed E-state index contributed by atoms with van der Waals surface area (Å²) in [4.78, 5) is 18.9. The number of fused-ring (bicyclic) bond motifs is 1. The maximum atomic E-state index is 11.7. The fourth-order valence-electron chi connectivity index (χ4n) is 3.53. The van der Waals surface area contributed by atoms with Gasteiger partial charge in [0.05, 0.1) is 17.9 Å². The molecule has 2 aliphatic rings. The van der Waals surface area contributed by atoms with Crippen LogP contribution in [-0.2, 0) is 22.4 Å². The molecule has 2 heterocycles. The first-order valence-corrected chi connectivity index (χ1v) is 9.72. The van der Waals surface area contributed by atoms with Gasteiger partial charge in [-0.1, -0.05) is 11.8 Å². The van der Waals surface area contributed by atoms with Crippen LogP contribution in [0.3, 0.4) is 0 Å². The number of hydrogen-bond acceptors (Lipinski definition) is 6. The maximum Gasteiger partial charge on any atom is 0.316 e. The van der Waals surface area contributed by atoms with Crippen molar-refractivity contribution in [3.05, 3.63) is 16.7 Å². The van der Waals surface area contributed by atoms with E-state index in [1.54, 1.807) is 6.92 Å². The van der Waals surface area contributed by atoms with Gasteiger partial charge in [-0.25, -0.2) is 4.98 Å². The third-order valence-electron chi connectivity index (χ3n) is 4.61. The average Bonchev–Trinajstić information content (AvgIpc) is 3.09. The van der Waals surface area contributed by atoms with Crippen LogP contribution >= 0.6 is 11.8 Å². The molecule has 1 aromatic heterocycles. The van der Waals surface area contributed by atoms with Gasteiger partial charge in [-0.3, -0.25) is 4.79 Å². The molecule has 0 radical (unpaired) electrons. The summed E-state index contributed by atoms with van der Waals surface area (Å²) in [6.07, 6.45) is 6.70. The number of carbonyl (C=O) groups is 1. The fourth-order valence-corrected chi connectivity index (χ4v) is 4.33. The first kappa shape index (κ1) is 17.1. The van der Waals surface area contributed by atoms with Crippen LogP contribution in [0.1, 0.15) is 49.3 Å². The molecule has 0 bridgehead atoms. The minimum Gasteiger partial charge on any atom is -0.465 e. The molecule has 1 aliphatic carbocycles. The monoisotopic (exact) mass is 345 g/mol. The van der Waals surface area contributed by atoms with Crippen LogP contribution in [0.2, 0.25) is 0 Å². The molecule has 128 valence electrons. The summed E-state index contributed by atoms with van der Waals surface area (Å²) < 4.78 is 5.00. The first-order chi connectivity index (χ1) is 11.7. The Morgan fingerprint density at radius 2 is 2.00 bits per heavy atom. The van der Waals surface area contributed by atoms with E-state index in [0.29, 0.717) is 17.2 Å². The highest BCUT2D eigenvalue weighted by Crippen LogP contribution is 2.37. The molecule has 1 saturated heterocycles. The Hall–Kier alpha value is -1.74. The van der Waals surface area contributed by atoms with Gasteiger partial charge in [0.15, 0.2) is 0 Å². The van der Waals surface area contributed by atoms with Gasteiger partial charge >= 0.3 is 5.97 Å². The number of nitrogens with zero attached hydrogens (tertiary/aromatic N) is 3. The molecule has 1 fully saturated rings. The van der Waals surface area contributed by atoms with Crippen LogP contribution in [0.4, 0.5) is 5.82 Å². The highest BCUT2D eigenvalue weighted by molar-refractivity contribution is 7.99. The molecule has 0 saturated carbocycles. The van der Waals surface area contributed by atoms with Gasteiger partial charge in [-0.15, -0.1) is 0 Å². The molecule has 1 aliphatic heterocycles. The number of piperidine rings is 1. The van der Waals surface area contributed by atoms with Crippen LogP contribution in [0.5, 0.6) is 0 Å². The Bertz CT molecular complexity index is 663. The van der Waals surface area contributed by atoms with Crippen LogP contribution < -0.4 is 4.90 Å². The standard InChI is InChI=1S/C18H23N3O2S/c1-2-23-16(22)12-24-18-15(11-19)13-7-6-8-14(13)17(20-18)21-9-4-3-5-10-21/h2-10,12H2,1H3. The number of aromatic nitrogens is 1. The topological polar surface area (TPSA) is 66.2 Å². The van der Waals surface area contributed by atoms with E-state index in [-0.39, 0.29) is 11.7 Å². The number of anilines is 1. The van der Waals surface area contributed by atoms with Gasteiger partial charge in [0, 0.05) is 13.1 Å². The normalized spacial score (nSPS) is 16.6. The van der Waals surface area contributed by atoms with Gasteiger partial charge < -0.3 is 9.64 Å². The van der Waals surface area contributed by atoms with E-state index in [1.807, 2.05) is 0 Å². The lowest BCUT2D eigenvalue weighted by Gasteiger charge is -2.30. The van der Waals surface area contributed by atoms with E-state index in [2.05, 4.69) is 11.0 Å². The molecule has 24 heavy (non-hydrogen) atoms. The Balaban J connectivity index is 1.92. The zero-order valence-corrected chi connectivity index (χ0v) is 15.0. The number of thioether (sulfide) groups is 1. The largest absolute Gasteiger partial charge is 0.465 e. The second kappa shape index (κ2) is 7.89. The molecule has 0 amide bonds. The molecule has 0 N–H and O–H groups in total. The Kier molecular flexibility index (Phi) is 5.62. The third kappa shape index (κ3) is 3.51. The molecule has 0 aromatic carbocycles. The summed E-state index contributed by atoms with van der Waals surface area (Å²) in [5.74, 6) is 0.995. The predicted molar refractivity (Wildman–Crippen MR) is 94.4 cm³/mol. The maximum absolute atomic E-state index is 11.7. The fraction of sp³-hybridized carbons (Fsp3) is 0.611. The minimum atomic E-state index is -0.256.